The van der Waals surface area contributed by atoms with Crippen molar-refractivity contribution >= 4 is 16.8 Å². The maximum atomic E-state index is 13.0. The van der Waals surface area contributed by atoms with Crippen LogP contribution in [0.3, 0.4) is 0 Å². The van der Waals surface area contributed by atoms with Crippen molar-refractivity contribution < 1.29 is 4.79 Å². The minimum absolute atomic E-state index is 0.211. The lowest BCUT2D eigenvalue weighted by atomic mass is 9.96. The van der Waals surface area contributed by atoms with Crippen molar-refractivity contribution in [3.8, 4) is 22.4 Å². The maximum Gasteiger partial charge on any atom is 0.270 e. The van der Waals surface area contributed by atoms with Crippen LogP contribution in [0.5, 0.6) is 0 Å². The van der Waals surface area contributed by atoms with Crippen LogP contribution in [-0.2, 0) is 13.1 Å². The largest absolute Gasteiger partial charge is 0.343 e. The Morgan fingerprint density at radius 2 is 1.59 bits per heavy atom. The summed E-state index contributed by atoms with van der Waals surface area (Å²) in [5, 5.41) is 3.54. The molecule has 7 nitrogen and oxygen atoms in total. The fraction of sp³-hybridized carbons (Fsp3) is 0.0741. The monoisotopic (exact) mass is 446 g/mol. The molecular weight excluding hydrogens is 424 g/mol. The lowest BCUT2D eigenvalue weighted by molar-refractivity contribution is 0.0946. The number of carbonyl (C=O) groups is 1. The van der Waals surface area contributed by atoms with Gasteiger partial charge >= 0.3 is 0 Å². The molecule has 0 radical (unpaired) electrons. The molecule has 3 heterocycles. The Balaban J connectivity index is 1.60. The molecule has 7 heteroatoms. The number of benzene rings is 2. The van der Waals surface area contributed by atoms with Gasteiger partial charge in [0, 0.05) is 41.6 Å². The summed E-state index contributed by atoms with van der Waals surface area (Å²) in [6.45, 7) is 0.692. The van der Waals surface area contributed by atoms with E-state index in [1.165, 1.54) is 0 Å². The number of hydrogen-bond acceptors (Lipinski definition) is 6. The first-order valence-corrected chi connectivity index (χ1v) is 10.9. The van der Waals surface area contributed by atoms with Crippen LogP contribution < -0.4 is 11.1 Å². The number of carbonyl (C=O) groups excluding carboxylic acids is 1. The van der Waals surface area contributed by atoms with Crippen molar-refractivity contribution in [3.05, 3.63) is 108 Å². The Morgan fingerprint density at radius 1 is 0.824 bits per heavy atom. The third-order valence-electron chi connectivity index (χ3n) is 5.53. The number of rotatable bonds is 6. The Labute approximate surface area is 196 Å². The van der Waals surface area contributed by atoms with Crippen LogP contribution in [0.15, 0.2) is 91.4 Å². The summed E-state index contributed by atoms with van der Waals surface area (Å²) in [6, 6.07) is 23.6. The van der Waals surface area contributed by atoms with Gasteiger partial charge in [-0.1, -0.05) is 54.6 Å². The highest BCUT2D eigenvalue weighted by atomic mass is 16.1. The van der Waals surface area contributed by atoms with Crippen LogP contribution in [0.4, 0.5) is 0 Å². The zero-order chi connectivity index (χ0) is 23.3. The first-order valence-electron chi connectivity index (χ1n) is 10.9. The predicted molar refractivity (Wildman–Crippen MR) is 132 cm³/mol. The topological polar surface area (TPSA) is 107 Å². The number of nitrogens with two attached hydrogens (primary N) is 1. The standard InChI is InChI=1S/C27H22N6O/c28-16-18-7-9-20(10-8-18)25-21(19-5-2-1-3-6-19)15-22-23(33-25)11-14-31-26(22)27(34)32-17-24-29-12-4-13-30-24/h1-15H,16-17,28H2,(H,32,34). The molecule has 166 valence electrons. The molecule has 0 aliphatic carbocycles. The molecule has 34 heavy (non-hydrogen) atoms. The van der Waals surface area contributed by atoms with Crippen LogP contribution in [0.25, 0.3) is 33.3 Å². The van der Waals surface area contributed by atoms with E-state index in [1.807, 2.05) is 66.7 Å². The summed E-state index contributed by atoms with van der Waals surface area (Å²) in [6.07, 6.45) is 4.89. The van der Waals surface area contributed by atoms with E-state index in [0.717, 1.165) is 27.9 Å². The zero-order valence-electron chi connectivity index (χ0n) is 18.3. The summed E-state index contributed by atoms with van der Waals surface area (Å²) in [5.74, 6) is 0.223. The molecule has 0 spiro atoms. The van der Waals surface area contributed by atoms with Gasteiger partial charge in [-0.3, -0.25) is 9.78 Å². The third kappa shape index (κ3) is 4.37. The van der Waals surface area contributed by atoms with E-state index in [2.05, 4.69) is 20.3 Å². The Kier molecular flexibility index (Phi) is 6.01. The number of nitrogens with one attached hydrogen (secondary N) is 1. The Hall–Kier alpha value is -4.49. The minimum atomic E-state index is -0.307. The number of nitrogens with zero attached hydrogens (tertiary/aromatic N) is 4. The van der Waals surface area contributed by atoms with Crippen LogP contribution in [0.2, 0.25) is 0 Å². The molecule has 0 aliphatic heterocycles. The predicted octanol–water partition coefficient (Wildman–Crippen LogP) is 4.14. The molecule has 1 amide bonds. The van der Waals surface area contributed by atoms with Crippen LogP contribution in [0.1, 0.15) is 21.9 Å². The molecule has 3 aromatic heterocycles. The second-order valence-corrected chi connectivity index (χ2v) is 7.73. The Bertz CT molecular complexity index is 1440. The number of pyridine rings is 2. The molecule has 0 bridgehead atoms. The van der Waals surface area contributed by atoms with Gasteiger partial charge in [0.2, 0.25) is 0 Å². The first-order chi connectivity index (χ1) is 16.7. The summed E-state index contributed by atoms with van der Waals surface area (Å²) < 4.78 is 0. The summed E-state index contributed by atoms with van der Waals surface area (Å²) in [4.78, 5) is 30.7. The van der Waals surface area contributed by atoms with Gasteiger partial charge in [0.25, 0.3) is 5.91 Å². The van der Waals surface area contributed by atoms with Crippen LogP contribution in [0, 0.1) is 0 Å². The highest BCUT2D eigenvalue weighted by molar-refractivity contribution is 6.06. The van der Waals surface area contributed by atoms with Gasteiger partial charge < -0.3 is 11.1 Å². The number of hydrogen-bond donors (Lipinski definition) is 2. The van der Waals surface area contributed by atoms with Crippen LogP contribution >= 0.6 is 0 Å². The van der Waals surface area contributed by atoms with Crippen molar-refractivity contribution in [2.75, 3.05) is 0 Å². The van der Waals surface area contributed by atoms with Gasteiger partial charge in [-0.2, -0.15) is 0 Å². The fourth-order valence-corrected chi connectivity index (χ4v) is 3.80. The lowest BCUT2D eigenvalue weighted by Gasteiger charge is -2.14. The van der Waals surface area contributed by atoms with E-state index in [1.54, 1.807) is 24.7 Å². The molecule has 5 rings (SSSR count). The first kappa shape index (κ1) is 21.4. The molecule has 0 fully saturated rings. The second kappa shape index (κ2) is 9.56. The fourth-order valence-electron chi connectivity index (χ4n) is 3.80. The zero-order valence-corrected chi connectivity index (χ0v) is 18.3. The van der Waals surface area contributed by atoms with Crippen LogP contribution in [-0.4, -0.2) is 25.8 Å². The minimum Gasteiger partial charge on any atom is -0.343 e. The average Bonchev–Trinajstić information content (AvgIpc) is 2.91. The van der Waals surface area contributed by atoms with Gasteiger partial charge in [0.05, 0.1) is 17.8 Å². The second-order valence-electron chi connectivity index (χ2n) is 7.73. The van der Waals surface area contributed by atoms with Crippen molar-refractivity contribution in [2.45, 2.75) is 13.1 Å². The van der Waals surface area contributed by atoms with Gasteiger partial charge in [-0.15, -0.1) is 0 Å². The molecule has 2 aromatic carbocycles. The maximum absolute atomic E-state index is 13.0. The Morgan fingerprint density at radius 3 is 2.32 bits per heavy atom. The lowest BCUT2D eigenvalue weighted by Crippen LogP contribution is -2.25. The van der Waals surface area contributed by atoms with Gasteiger partial charge in [0.1, 0.15) is 11.5 Å². The average molecular weight is 447 g/mol. The molecule has 0 saturated heterocycles. The molecule has 0 aliphatic rings. The summed E-state index contributed by atoms with van der Waals surface area (Å²) in [7, 11) is 0. The van der Waals surface area contributed by atoms with E-state index in [4.69, 9.17) is 10.7 Å². The van der Waals surface area contributed by atoms with Gasteiger partial charge in [0.15, 0.2) is 0 Å². The van der Waals surface area contributed by atoms with E-state index in [-0.39, 0.29) is 12.5 Å². The summed E-state index contributed by atoms with van der Waals surface area (Å²) >= 11 is 0. The van der Waals surface area contributed by atoms with Crippen molar-refractivity contribution in [1.29, 1.82) is 0 Å². The third-order valence-corrected chi connectivity index (χ3v) is 5.53. The molecular formula is C27H22N6O. The molecule has 0 atom stereocenters. The summed E-state index contributed by atoms with van der Waals surface area (Å²) in [5.41, 5.74) is 11.5. The molecule has 0 saturated carbocycles. The van der Waals surface area contributed by atoms with Crippen molar-refractivity contribution in [3.63, 3.8) is 0 Å². The van der Waals surface area contributed by atoms with E-state index in [0.29, 0.717) is 29.0 Å². The number of amides is 1. The molecule has 5 aromatic rings. The van der Waals surface area contributed by atoms with E-state index >= 15 is 0 Å². The highest BCUT2D eigenvalue weighted by Gasteiger charge is 2.17. The molecule has 0 unspecified atom stereocenters. The quantitative estimate of drug-likeness (QED) is 0.406. The van der Waals surface area contributed by atoms with E-state index < -0.39 is 0 Å². The highest BCUT2D eigenvalue weighted by Crippen LogP contribution is 2.34. The smallest absolute Gasteiger partial charge is 0.270 e. The SMILES string of the molecule is NCc1ccc(-c2nc3ccnc(C(=O)NCc4ncccn4)c3cc2-c2ccccc2)cc1. The van der Waals surface area contributed by atoms with Gasteiger partial charge in [-0.05, 0) is 29.3 Å². The van der Waals surface area contributed by atoms with Crippen molar-refractivity contribution in [1.82, 2.24) is 25.3 Å². The van der Waals surface area contributed by atoms with Gasteiger partial charge in [-0.25, -0.2) is 15.0 Å². The number of fused-ring (bicyclic) bond motifs is 1. The number of aromatic nitrogens is 4. The molecule has 3 N–H and O–H groups in total. The van der Waals surface area contributed by atoms with Crippen molar-refractivity contribution in [2.24, 2.45) is 5.73 Å². The normalized spacial score (nSPS) is 10.9. The van der Waals surface area contributed by atoms with E-state index in [9.17, 15) is 4.79 Å².